The van der Waals surface area contributed by atoms with Crippen LogP contribution in [0.25, 0.3) is 0 Å². The minimum absolute atomic E-state index is 0.0110. The average Bonchev–Trinajstić information content (AvgIpc) is 3.12. The molecule has 0 heterocycles. The lowest BCUT2D eigenvalue weighted by molar-refractivity contribution is -0.870. The number of rotatable bonds is 37. The molecule has 0 amide bonds. The molecule has 54 heavy (non-hydrogen) atoms. The lowest BCUT2D eigenvalue weighted by atomic mass is 10.1. The fraction of sp³-hybridized carbons (Fsp3) is 0.727. The highest BCUT2D eigenvalue weighted by atomic mass is 31.2. The van der Waals surface area contributed by atoms with Gasteiger partial charge >= 0.3 is 19.8 Å². The van der Waals surface area contributed by atoms with Crippen molar-refractivity contribution in [2.24, 2.45) is 0 Å². The van der Waals surface area contributed by atoms with Gasteiger partial charge in [-0.15, -0.1) is 0 Å². The molecule has 0 aromatic rings. The first-order chi connectivity index (χ1) is 26.0. The van der Waals surface area contributed by atoms with Crippen LogP contribution in [0.5, 0.6) is 0 Å². The van der Waals surface area contributed by atoms with Crippen molar-refractivity contribution >= 4 is 19.8 Å². The van der Waals surface area contributed by atoms with E-state index in [0.717, 1.165) is 44.9 Å². The fourth-order valence-corrected chi connectivity index (χ4v) is 6.03. The molecule has 0 radical (unpaired) electrons. The number of nitrogens with zero attached hydrogens (tertiary/aromatic N) is 1. The van der Waals surface area contributed by atoms with E-state index in [0.29, 0.717) is 17.4 Å². The minimum atomic E-state index is -4.40. The van der Waals surface area contributed by atoms with E-state index in [4.69, 9.17) is 18.5 Å². The number of likely N-dealkylation sites (N-methyl/N-ethyl adjacent to an activating group) is 1. The SMILES string of the molecule is CCCCCC/C=C\CCC/C=C/C=C/C=C/C(=O)OCC(COP(=O)(O)OCC[N+](C)(C)C)OC(=O)CCCCCCCCC/C=C\CCCCCC. The Balaban J connectivity index is 4.57. The lowest BCUT2D eigenvalue weighted by Gasteiger charge is -2.24. The van der Waals surface area contributed by atoms with Crippen molar-refractivity contribution in [1.29, 1.82) is 0 Å². The Labute approximate surface area is 330 Å². The van der Waals surface area contributed by atoms with Gasteiger partial charge in [0.2, 0.25) is 0 Å². The lowest BCUT2D eigenvalue weighted by Crippen LogP contribution is -2.37. The molecular formula is C44H79NO8P+. The number of hydrogen-bond acceptors (Lipinski definition) is 7. The van der Waals surface area contributed by atoms with Gasteiger partial charge in [-0.3, -0.25) is 13.8 Å². The zero-order chi connectivity index (χ0) is 40.0. The summed E-state index contributed by atoms with van der Waals surface area (Å²) in [5.74, 6) is -1.10. The van der Waals surface area contributed by atoms with E-state index in [1.165, 1.54) is 89.5 Å². The molecule has 0 fully saturated rings. The number of unbranched alkanes of at least 4 members (excludes halogenated alkanes) is 17. The predicted molar refractivity (Wildman–Crippen MR) is 224 cm³/mol. The summed E-state index contributed by atoms with van der Waals surface area (Å²) in [6.45, 7) is 4.20. The quantitative estimate of drug-likeness (QED) is 0.0126. The third kappa shape index (κ3) is 39.4. The van der Waals surface area contributed by atoms with Crippen LogP contribution in [-0.4, -0.2) is 74.9 Å². The van der Waals surface area contributed by atoms with E-state index in [-0.39, 0.29) is 19.6 Å². The number of quaternary nitrogens is 1. The standard InChI is InChI=1S/C44H78NO8P/c1-6-8-10-12-14-16-18-20-22-24-26-28-30-32-34-36-43(46)50-40-42(41-52-54(48,49)51-39-38-45(3,4)5)53-44(47)37-35-33-31-29-27-25-23-21-19-17-15-13-11-9-7-2/h16-19,26,28,30,32,34,36,42H,6-15,20-25,27,29,31,33,35,37-41H2,1-5H3/p+1/b18-16-,19-17-,28-26+,32-30+,36-34+. The Morgan fingerprint density at radius 3 is 1.69 bits per heavy atom. The van der Waals surface area contributed by atoms with E-state index in [9.17, 15) is 19.0 Å². The van der Waals surface area contributed by atoms with E-state index < -0.39 is 32.5 Å². The van der Waals surface area contributed by atoms with Crippen molar-refractivity contribution in [3.05, 3.63) is 60.8 Å². The van der Waals surface area contributed by atoms with Gasteiger partial charge in [-0.05, 0) is 64.2 Å². The summed E-state index contributed by atoms with van der Waals surface area (Å²) in [4.78, 5) is 35.1. The van der Waals surface area contributed by atoms with Crippen molar-refractivity contribution in [1.82, 2.24) is 0 Å². The van der Waals surface area contributed by atoms with Crippen LogP contribution in [0.1, 0.15) is 155 Å². The highest BCUT2D eigenvalue weighted by Gasteiger charge is 2.26. The summed E-state index contributed by atoms with van der Waals surface area (Å²) in [7, 11) is 1.41. The fourth-order valence-electron chi connectivity index (χ4n) is 5.28. The molecule has 0 saturated heterocycles. The van der Waals surface area contributed by atoms with Gasteiger partial charge < -0.3 is 18.9 Å². The summed E-state index contributed by atoms with van der Waals surface area (Å²) < 4.78 is 34.0. The number of allylic oxidation sites excluding steroid dienone is 9. The highest BCUT2D eigenvalue weighted by molar-refractivity contribution is 7.47. The number of phosphoric ester groups is 1. The third-order valence-corrected chi connectivity index (χ3v) is 9.61. The molecule has 0 rings (SSSR count). The maximum absolute atomic E-state index is 12.6. The van der Waals surface area contributed by atoms with Gasteiger partial charge in [0.25, 0.3) is 0 Å². The molecule has 0 aliphatic carbocycles. The molecule has 0 aliphatic rings. The Morgan fingerprint density at radius 2 is 1.11 bits per heavy atom. The number of esters is 2. The molecule has 0 spiro atoms. The van der Waals surface area contributed by atoms with Crippen molar-refractivity contribution < 1.29 is 42.1 Å². The maximum Gasteiger partial charge on any atom is 0.472 e. The molecule has 1 N–H and O–H groups in total. The molecule has 312 valence electrons. The average molecular weight is 781 g/mol. The van der Waals surface area contributed by atoms with Crippen LogP contribution in [0.15, 0.2) is 60.8 Å². The first-order valence-corrected chi connectivity index (χ1v) is 22.6. The number of phosphoric acid groups is 1. The largest absolute Gasteiger partial charge is 0.472 e. The van der Waals surface area contributed by atoms with Crippen LogP contribution in [0.3, 0.4) is 0 Å². The molecule has 0 aromatic heterocycles. The summed E-state index contributed by atoms with van der Waals surface area (Å²) in [6, 6.07) is 0. The normalized spacial score (nSPS) is 14.3. The number of hydrogen-bond donors (Lipinski definition) is 1. The van der Waals surface area contributed by atoms with Gasteiger partial charge in [0.1, 0.15) is 19.8 Å². The summed E-state index contributed by atoms with van der Waals surface area (Å²) >= 11 is 0. The van der Waals surface area contributed by atoms with Crippen LogP contribution < -0.4 is 0 Å². The van der Waals surface area contributed by atoms with Crippen molar-refractivity contribution in [3.8, 4) is 0 Å². The Kier molecular flexibility index (Phi) is 34.8. The second-order valence-electron chi connectivity index (χ2n) is 15.1. The van der Waals surface area contributed by atoms with Crippen molar-refractivity contribution in [3.63, 3.8) is 0 Å². The topological polar surface area (TPSA) is 108 Å². The van der Waals surface area contributed by atoms with Crippen molar-refractivity contribution in [2.75, 3.05) is 47.5 Å². The zero-order valence-corrected chi connectivity index (χ0v) is 35.8. The molecule has 9 nitrogen and oxygen atoms in total. The number of carbonyl (C=O) groups excluding carboxylic acids is 2. The minimum Gasteiger partial charge on any atom is -0.458 e. The van der Waals surface area contributed by atoms with Crippen LogP contribution in [0, 0.1) is 0 Å². The van der Waals surface area contributed by atoms with Crippen LogP contribution in [-0.2, 0) is 32.7 Å². The second kappa shape index (κ2) is 36.4. The molecule has 0 bridgehead atoms. The van der Waals surface area contributed by atoms with Crippen molar-refractivity contribution in [2.45, 2.75) is 161 Å². The highest BCUT2D eigenvalue weighted by Crippen LogP contribution is 2.43. The maximum atomic E-state index is 12.6. The van der Waals surface area contributed by atoms with Crippen LogP contribution in [0.2, 0.25) is 0 Å². The van der Waals surface area contributed by atoms with E-state index in [1.54, 1.807) is 12.2 Å². The molecule has 2 unspecified atom stereocenters. The molecule has 0 aromatic carbocycles. The van der Waals surface area contributed by atoms with E-state index >= 15 is 0 Å². The Bertz CT molecular complexity index is 1110. The van der Waals surface area contributed by atoms with Crippen LogP contribution in [0.4, 0.5) is 0 Å². The Hall–Kier alpha value is -2.29. The van der Waals surface area contributed by atoms with Gasteiger partial charge in [0, 0.05) is 12.5 Å². The van der Waals surface area contributed by atoms with Gasteiger partial charge in [0.05, 0.1) is 27.7 Å². The molecule has 0 aliphatic heterocycles. The molecule has 0 saturated carbocycles. The predicted octanol–water partition coefficient (Wildman–Crippen LogP) is 11.7. The second-order valence-corrected chi connectivity index (χ2v) is 16.6. The van der Waals surface area contributed by atoms with Gasteiger partial charge in [-0.1, -0.05) is 139 Å². The van der Waals surface area contributed by atoms with Gasteiger partial charge in [-0.2, -0.15) is 0 Å². The molecule has 10 heteroatoms. The Morgan fingerprint density at radius 1 is 0.611 bits per heavy atom. The smallest absolute Gasteiger partial charge is 0.458 e. The summed E-state index contributed by atoms with van der Waals surface area (Å²) in [5.41, 5.74) is 0. The monoisotopic (exact) mass is 781 g/mol. The third-order valence-electron chi connectivity index (χ3n) is 8.63. The number of ether oxygens (including phenoxy) is 2. The number of carbonyl (C=O) groups is 2. The van der Waals surface area contributed by atoms with Crippen LogP contribution >= 0.6 is 7.82 Å². The van der Waals surface area contributed by atoms with E-state index in [2.05, 4.69) is 44.2 Å². The summed E-state index contributed by atoms with van der Waals surface area (Å²) in [5, 5.41) is 0. The van der Waals surface area contributed by atoms with Gasteiger partial charge in [0.15, 0.2) is 6.10 Å². The summed E-state index contributed by atoms with van der Waals surface area (Å²) in [6.07, 6.45) is 43.3. The first kappa shape index (κ1) is 51.7. The molecular weight excluding hydrogens is 701 g/mol. The zero-order valence-electron chi connectivity index (χ0n) is 34.9. The van der Waals surface area contributed by atoms with E-state index in [1.807, 2.05) is 33.3 Å². The first-order valence-electron chi connectivity index (χ1n) is 21.1. The van der Waals surface area contributed by atoms with Gasteiger partial charge in [-0.25, -0.2) is 9.36 Å². The molecule has 2 atom stereocenters.